The minimum atomic E-state index is -4.47. The minimum Gasteiger partial charge on any atom is -0.478 e. The minimum absolute atomic E-state index is 0.105. The van der Waals surface area contributed by atoms with Crippen molar-refractivity contribution in [2.45, 2.75) is 25.6 Å². The summed E-state index contributed by atoms with van der Waals surface area (Å²) in [5.74, 6) is -2.04. The highest BCUT2D eigenvalue weighted by molar-refractivity contribution is 6.02. The SMILES string of the molecule is C[C@H](NC(=O)c1cc(-c2cccc(F)c2)cn2nnc(Cc3ccc(C(F)(F)F)cc3)c12)c1ccc(C(=O)O)cc1. The van der Waals surface area contributed by atoms with Gasteiger partial charge in [0.25, 0.3) is 5.91 Å². The van der Waals surface area contributed by atoms with E-state index in [0.717, 1.165) is 12.1 Å². The Balaban J connectivity index is 1.53. The summed E-state index contributed by atoms with van der Waals surface area (Å²) < 4.78 is 54.4. The number of benzene rings is 3. The fourth-order valence-corrected chi connectivity index (χ4v) is 4.48. The Kier molecular flexibility index (Phi) is 7.27. The first-order chi connectivity index (χ1) is 19.5. The molecule has 7 nitrogen and oxygen atoms in total. The van der Waals surface area contributed by atoms with Crippen LogP contribution in [0.25, 0.3) is 16.6 Å². The monoisotopic (exact) mass is 562 g/mol. The van der Waals surface area contributed by atoms with Gasteiger partial charge in [-0.05, 0) is 66.1 Å². The van der Waals surface area contributed by atoms with Crippen molar-refractivity contribution in [3.05, 3.63) is 124 Å². The molecule has 1 atom stereocenters. The highest BCUT2D eigenvalue weighted by atomic mass is 19.4. The second-order valence-electron chi connectivity index (χ2n) is 9.48. The molecular weight excluding hydrogens is 540 g/mol. The summed E-state index contributed by atoms with van der Waals surface area (Å²) >= 11 is 0. The average Bonchev–Trinajstić information content (AvgIpc) is 3.34. The molecular formula is C30H22F4N4O3. The third kappa shape index (κ3) is 5.93. The summed E-state index contributed by atoms with van der Waals surface area (Å²) in [7, 11) is 0. The van der Waals surface area contributed by atoms with Crippen LogP contribution in [-0.4, -0.2) is 31.8 Å². The summed E-state index contributed by atoms with van der Waals surface area (Å²) in [6.45, 7) is 1.74. The molecule has 0 saturated heterocycles. The molecule has 0 aliphatic heterocycles. The molecule has 2 aromatic heterocycles. The molecule has 0 aliphatic rings. The van der Waals surface area contributed by atoms with E-state index in [4.69, 9.17) is 5.11 Å². The van der Waals surface area contributed by atoms with E-state index >= 15 is 0 Å². The molecule has 0 bridgehead atoms. The Morgan fingerprint density at radius 1 is 0.976 bits per heavy atom. The molecule has 5 aromatic rings. The van der Waals surface area contributed by atoms with Crippen molar-refractivity contribution in [2.75, 3.05) is 0 Å². The smallest absolute Gasteiger partial charge is 0.416 e. The number of carbonyl (C=O) groups excluding carboxylic acids is 1. The van der Waals surface area contributed by atoms with Gasteiger partial charge < -0.3 is 10.4 Å². The van der Waals surface area contributed by atoms with Crippen LogP contribution in [0.4, 0.5) is 17.6 Å². The quantitative estimate of drug-likeness (QED) is 0.226. The molecule has 0 radical (unpaired) electrons. The number of pyridine rings is 1. The second-order valence-corrected chi connectivity index (χ2v) is 9.48. The Morgan fingerprint density at radius 2 is 1.68 bits per heavy atom. The molecule has 2 N–H and O–H groups in total. The van der Waals surface area contributed by atoms with E-state index in [-0.39, 0.29) is 17.5 Å². The fourth-order valence-electron chi connectivity index (χ4n) is 4.48. The maximum absolute atomic E-state index is 14.0. The van der Waals surface area contributed by atoms with Crippen LogP contribution in [0.3, 0.4) is 0 Å². The van der Waals surface area contributed by atoms with Crippen LogP contribution in [0.5, 0.6) is 0 Å². The molecule has 5 rings (SSSR count). The van der Waals surface area contributed by atoms with E-state index in [2.05, 4.69) is 15.6 Å². The Hall–Kier alpha value is -5.06. The van der Waals surface area contributed by atoms with E-state index in [1.165, 1.54) is 47.0 Å². The first kappa shape index (κ1) is 27.5. The fraction of sp³-hybridized carbons (Fsp3) is 0.133. The standard InChI is InChI=1S/C30H22F4N4O3/c1-17(19-7-9-20(10-8-19)29(40)41)35-28(39)25-15-22(21-3-2-4-24(31)14-21)16-38-27(25)26(36-37-38)13-18-5-11-23(12-6-18)30(32,33)34/h2-12,14-17H,13H2,1H3,(H,35,39)(H,40,41)/t17-/m0/s1. The number of halogens is 4. The number of hydrogen-bond acceptors (Lipinski definition) is 4. The average molecular weight is 563 g/mol. The largest absolute Gasteiger partial charge is 0.478 e. The van der Waals surface area contributed by atoms with Crippen LogP contribution in [0.15, 0.2) is 85.1 Å². The van der Waals surface area contributed by atoms with Gasteiger partial charge in [0.1, 0.15) is 11.3 Å². The van der Waals surface area contributed by atoms with E-state index in [1.807, 2.05) is 0 Å². The van der Waals surface area contributed by atoms with E-state index < -0.39 is 35.5 Å². The molecule has 0 fully saturated rings. The molecule has 0 spiro atoms. The summed E-state index contributed by atoms with van der Waals surface area (Å²) in [5, 5.41) is 20.4. The van der Waals surface area contributed by atoms with Gasteiger partial charge in [0.05, 0.1) is 28.4 Å². The van der Waals surface area contributed by atoms with E-state index in [9.17, 15) is 27.2 Å². The van der Waals surface area contributed by atoms with Crippen LogP contribution in [0.1, 0.15) is 56.1 Å². The van der Waals surface area contributed by atoms with Crippen LogP contribution < -0.4 is 5.32 Å². The lowest BCUT2D eigenvalue weighted by molar-refractivity contribution is -0.137. The molecule has 1 amide bonds. The molecule has 11 heteroatoms. The molecule has 0 unspecified atom stereocenters. The normalized spacial score (nSPS) is 12.3. The molecule has 0 saturated carbocycles. The molecule has 41 heavy (non-hydrogen) atoms. The lowest BCUT2D eigenvalue weighted by atomic mass is 10.0. The van der Waals surface area contributed by atoms with Gasteiger partial charge in [-0.1, -0.05) is 41.6 Å². The topological polar surface area (TPSA) is 96.6 Å². The van der Waals surface area contributed by atoms with Crippen LogP contribution in [0.2, 0.25) is 0 Å². The Bertz CT molecular complexity index is 1750. The lowest BCUT2D eigenvalue weighted by Gasteiger charge is -2.16. The summed E-state index contributed by atoms with van der Waals surface area (Å²) in [6, 6.07) is 17.6. The molecule has 208 valence electrons. The van der Waals surface area contributed by atoms with Crippen LogP contribution in [-0.2, 0) is 12.6 Å². The number of carbonyl (C=O) groups is 2. The number of carboxylic acid groups (broad SMARTS) is 1. The van der Waals surface area contributed by atoms with Crippen molar-refractivity contribution < 1.29 is 32.3 Å². The number of fused-ring (bicyclic) bond motifs is 1. The summed E-state index contributed by atoms with van der Waals surface area (Å²) in [4.78, 5) is 24.8. The molecule has 2 heterocycles. The zero-order valence-corrected chi connectivity index (χ0v) is 21.5. The highest BCUT2D eigenvalue weighted by Crippen LogP contribution is 2.30. The number of aromatic carboxylic acids is 1. The summed E-state index contributed by atoms with van der Waals surface area (Å²) in [6.07, 6.45) is -2.77. The van der Waals surface area contributed by atoms with Crippen molar-refractivity contribution in [1.29, 1.82) is 0 Å². The van der Waals surface area contributed by atoms with Crippen molar-refractivity contribution in [3.63, 3.8) is 0 Å². The zero-order chi connectivity index (χ0) is 29.3. The van der Waals surface area contributed by atoms with Gasteiger partial charge >= 0.3 is 12.1 Å². The predicted molar refractivity (Wildman–Crippen MR) is 142 cm³/mol. The summed E-state index contributed by atoms with van der Waals surface area (Å²) in [5.41, 5.74) is 2.40. The number of nitrogens with zero attached hydrogens (tertiary/aromatic N) is 3. The number of nitrogens with one attached hydrogen (secondary N) is 1. The maximum Gasteiger partial charge on any atom is 0.416 e. The number of aromatic nitrogens is 3. The highest BCUT2D eigenvalue weighted by Gasteiger charge is 2.30. The van der Waals surface area contributed by atoms with Gasteiger partial charge in [0.2, 0.25) is 0 Å². The number of amides is 1. The van der Waals surface area contributed by atoms with Gasteiger partial charge in [0, 0.05) is 18.2 Å². The van der Waals surface area contributed by atoms with Crippen molar-refractivity contribution in [2.24, 2.45) is 0 Å². The third-order valence-corrected chi connectivity index (χ3v) is 6.64. The zero-order valence-electron chi connectivity index (χ0n) is 21.5. The van der Waals surface area contributed by atoms with Crippen molar-refractivity contribution in [1.82, 2.24) is 20.1 Å². The van der Waals surface area contributed by atoms with Crippen molar-refractivity contribution in [3.8, 4) is 11.1 Å². The maximum atomic E-state index is 14.0. The first-order valence-electron chi connectivity index (χ1n) is 12.4. The van der Waals surface area contributed by atoms with E-state index in [1.54, 1.807) is 37.4 Å². The first-order valence-corrected chi connectivity index (χ1v) is 12.4. The lowest BCUT2D eigenvalue weighted by Crippen LogP contribution is -2.27. The Morgan fingerprint density at radius 3 is 2.32 bits per heavy atom. The molecule has 0 aliphatic carbocycles. The van der Waals surface area contributed by atoms with Gasteiger partial charge in [-0.15, -0.1) is 5.10 Å². The van der Waals surface area contributed by atoms with Gasteiger partial charge in [-0.3, -0.25) is 4.79 Å². The van der Waals surface area contributed by atoms with E-state index in [0.29, 0.717) is 33.5 Å². The van der Waals surface area contributed by atoms with Crippen molar-refractivity contribution >= 4 is 17.4 Å². The molecule has 3 aromatic carbocycles. The Labute approximate surface area is 231 Å². The van der Waals surface area contributed by atoms with Gasteiger partial charge in [-0.25, -0.2) is 13.7 Å². The van der Waals surface area contributed by atoms with Gasteiger partial charge in [-0.2, -0.15) is 13.2 Å². The van der Waals surface area contributed by atoms with Gasteiger partial charge in [0.15, 0.2) is 0 Å². The number of hydrogen-bond donors (Lipinski definition) is 2. The third-order valence-electron chi connectivity index (χ3n) is 6.64. The van der Waals surface area contributed by atoms with Crippen LogP contribution >= 0.6 is 0 Å². The predicted octanol–water partition coefficient (Wildman–Crippen LogP) is 6.33. The number of rotatable bonds is 7. The second kappa shape index (κ2) is 10.8. The number of carboxylic acids is 1. The van der Waals surface area contributed by atoms with Crippen LogP contribution in [0, 0.1) is 5.82 Å². The number of alkyl halides is 3.